The van der Waals surface area contributed by atoms with Crippen molar-refractivity contribution in [3.8, 4) is 0 Å². The van der Waals surface area contributed by atoms with E-state index in [1.54, 1.807) is 6.92 Å². The average molecular weight is 260 g/mol. The first-order valence-corrected chi connectivity index (χ1v) is 6.39. The largest absolute Gasteiger partial charge is 0.379 e. The van der Waals surface area contributed by atoms with Gasteiger partial charge in [0.25, 0.3) is 0 Å². The third-order valence-electron chi connectivity index (χ3n) is 3.84. The number of Topliss-reactive ketones (excluding diaryl/α,β-unsaturated/α-hetero) is 1. The summed E-state index contributed by atoms with van der Waals surface area (Å²) in [7, 11) is 0. The molecule has 1 aliphatic heterocycles. The number of aromatic amines is 2. The third-order valence-corrected chi connectivity index (χ3v) is 3.84. The van der Waals surface area contributed by atoms with Crippen LogP contribution in [-0.4, -0.2) is 29.0 Å². The smallest absolute Gasteiger partial charge is 0.323 e. The van der Waals surface area contributed by atoms with E-state index < -0.39 is 0 Å². The topological polar surface area (TPSA) is 75.0 Å². The fourth-order valence-electron chi connectivity index (χ4n) is 2.58. The molecule has 1 aliphatic rings. The molecule has 0 saturated carbocycles. The highest BCUT2D eigenvalue weighted by molar-refractivity contribution is 5.76. The predicted octanol–water partition coefficient (Wildman–Crippen LogP) is 1.49. The van der Waals surface area contributed by atoms with Crippen LogP contribution in [0, 0.1) is 0 Å². The van der Waals surface area contributed by atoms with Crippen LogP contribution in [-0.2, 0) is 14.9 Å². The molecule has 2 N–H and O–H groups in total. The van der Waals surface area contributed by atoms with E-state index in [9.17, 15) is 9.59 Å². The predicted molar refractivity (Wildman–Crippen MR) is 71.3 cm³/mol. The molecule has 0 amide bonds. The van der Waals surface area contributed by atoms with Crippen LogP contribution in [0.15, 0.2) is 23.0 Å². The maximum atomic E-state index is 11.3. The number of ketones is 1. The van der Waals surface area contributed by atoms with Gasteiger partial charge < -0.3 is 19.5 Å². The number of rotatable bonds is 4. The Balaban J connectivity index is 1.96. The van der Waals surface area contributed by atoms with E-state index in [4.69, 9.17) is 4.74 Å². The van der Waals surface area contributed by atoms with Crippen LogP contribution in [0.25, 0.3) is 11.0 Å². The van der Waals surface area contributed by atoms with Gasteiger partial charge in [-0.3, -0.25) is 0 Å². The van der Waals surface area contributed by atoms with Gasteiger partial charge in [-0.25, -0.2) is 4.79 Å². The standard InChI is InChI=1S/C14H16N2O3/c1-9(17)4-5-14(7-19-8-14)10-2-3-11-12(6-10)16-13(18)15-11/h2-3,6H,4-5,7-8H2,1H3,(H2,15,16,18). The molecule has 0 radical (unpaired) electrons. The molecule has 1 saturated heterocycles. The maximum Gasteiger partial charge on any atom is 0.323 e. The molecule has 0 atom stereocenters. The van der Waals surface area contributed by atoms with Gasteiger partial charge in [0.15, 0.2) is 0 Å². The van der Waals surface area contributed by atoms with E-state index in [1.165, 1.54) is 0 Å². The van der Waals surface area contributed by atoms with E-state index in [-0.39, 0.29) is 16.9 Å². The van der Waals surface area contributed by atoms with Gasteiger partial charge in [-0.2, -0.15) is 0 Å². The lowest BCUT2D eigenvalue weighted by Crippen LogP contribution is -2.46. The zero-order chi connectivity index (χ0) is 13.5. The Bertz CT molecular complexity index is 679. The number of hydrogen-bond donors (Lipinski definition) is 2. The summed E-state index contributed by atoms with van der Waals surface area (Å²) in [5.74, 6) is 0.197. The Morgan fingerprint density at radius 2 is 2.05 bits per heavy atom. The van der Waals surface area contributed by atoms with Gasteiger partial charge in [0.1, 0.15) is 5.78 Å². The number of fused-ring (bicyclic) bond motifs is 1. The molecule has 100 valence electrons. The highest BCUT2D eigenvalue weighted by Gasteiger charge is 2.40. The van der Waals surface area contributed by atoms with Crippen molar-refractivity contribution < 1.29 is 9.53 Å². The number of imidazole rings is 1. The molecule has 3 rings (SSSR count). The van der Waals surface area contributed by atoms with Crippen molar-refractivity contribution in [3.05, 3.63) is 34.2 Å². The second kappa shape index (κ2) is 4.35. The van der Waals surface area contributed by atoms with E-state index in [0.29, 0.717) is 19.6 Å². The summed E-state index contributed by atoms with van der Waals surface area (Å²) >= 11 is 0. The summed E-state index contributed by atoms with van der Waals surface area (Å²) in [6.45, 7) is 2.89. The molecule has 0 bridgehead atoms. The zero-order valence-electron chi connectivity index (χ0n) is 10.8. The van der Waals surface area contributed by atoms with Crippen LogP contribution in [0.2, 0.25) is 0 Å². The number of benzene rings is 1. The summed E-state index contributed by atoms with van der Waals surface area (Å²) in [6.07, 6.45) is 1.35. The van der Waals surface area contributed by atoms with Crippen molar-refractivity contribution in [1.82, 2.24) is 9.97 Å². The van der Waals surface area contributed by atoms with Crippen LogP contribution in [0.5, 0.6) is 0 Å². The minimum atomic E-state index is -0.199. The lowest BCUT2D eigenvalue weighted by Gasteiger charge is -2.42. The number of aromatic nitrogens is 2. The SMILES string of the molecule is CC(=O)CCC1(c2ccc3[nH]c(=O)[nH]c3c2)COC1. The lowest BCUT2D eigenvalue weighted by molar-refractivity contribution is -0.119. The molecule has 1 aromatic heterocycles. The molecule has 2 heterocycles. The summed E-state index contributed by atoms with van der Waals surface area (Å²) in [5, 5.41) is 0. The van der Waals surface area contributed by atoms with Gasteiger partial charge in [-0.15, -0.1) is 0 Å². The highest BCUT2D eigenvalue weighted by Crippen LogP contribution is 2.37. The quantitative estimate of drug-likeness (QED) is 0.874. The molecule has 0 spiro atoms. The Morgan fingerprint density at radius 3 is 2.68 bits per heavy atom. The van der Waals surface area contributed by atoms with Crippen molar-refractivity contribution in [2.45, 2.75) is 25.2 Å². The number of ether oxygens (including phenoxy) is 1. The molecule has 0 aliphatic carbocycles. The van der Waals surface area contributed by atoms with E-state index in [0.717, 1.165) is 23.0 Å². The molecule has 5 nitrogen and oxygen atoms in total. The Morgan fingerprint density at radius 1 is 1.32 bits per heavy atom. The van der Waals surface area contributed by atoms with Gasteiger partial charge >= 0.3 is 5.69 Å². The van der Waals surface area contributed by atoms with Gasteiger partial charge in [0.2, 0.25) is 0 Å². The first kappa shape index (κ1) is 12.2. The molecule has 1 aromatic carbocycles. The molecule has 0 unspecified atom stereocenters. The highest BCUT2D eigenvalue weighted by atomic mass is 16.5. The van der Waals surface area contributed by atoms with E-state index >= 15 is 0 Å². The Hall–Kier alpha value is -1.88. The Kier molecular flexibility index (Phi) is 2.78. The van der Waals surface area contributed by atoms with Crippen molar-refractivity contribution in [2.75, 3.05) is 13.2 Å². The molecule has 5 heteroatoms. The monoisotopic (exact) mass is 260 g/mol. The van der Waals surface area contributed by atoms with Gasteiger partial charge in [0.05, 0.1) is 24.2 Å². The van der Waals surface area contributed by atoms with E-state index in [1.807, 2.05) is 18.2 Å². The summed E-state index contributed by atoms with van der Waals surface area (Å²) < 4.78 is 5.35. The normalized spacial score (nSPS) is 17.3. The summed E-state index contributed by atoms with van der Waals surface area (Å²) in [6, 6.07) is 5.89. The number of hydrogen-bond acceptors (Lipinski definition) is 3. The first-order valence-electron chi connectivity index (χ1n) is 6.39. The number of carbonyl (C=O) groups excluding carboxylic acids is 1. The van der Waals surface area contributed by atoms with Gasteiger partial charge in [-0.1, -0.05) is 6.07 Å². The van der Waals surface area contributed by atoms with Crippen LogP contribution in [0.4, 0.5) is 0 Å². The molecule has 19 heavy (non-hydrogen) atoms. The molecular formula is C14H16N2O3. The minimum Gasteiger partial charge on any atom is -0.379 e. The van der Waals surface area contributed by atoms with Gasteiger partial charge in [-0.05, 0) is 31.0 Å². The van der Waals surface area contributed by atoms with Crippen LogP contribution in [0.3, 0.4) is 0 Å². The number of H-pyrrole nitrogens is 2. The van der Waals surface area contributed by atoms with Crippen LogP contribution < -0.4 is 5.69 Å². The van der Waals surface area contributed by atoms with Crippen molar-refractivity contribution in [3.63, 3.8) is 0 Å². The minimum absolute atomic E-state index is 0.0754. The van der Waals surface area contributed by atoms with Gasteiger partial charge in [0, 0.05) is 11.8 Å². The lowest BCUT2D eigenvalue weighted by atomic mass is 9.74. The summed E-state index contributed by atoms with van der Waals surface area (Å²) in [5.41, 5.74) is 2.46. The van der Waals surface area contributed by atoms with E-state index in [2.05, 4.69) is 9.97 Å². The van der Waals surface area contributed by atoms with Crippen molar-refractivity contribution in [2.24, 2.45) is 0 Å². The average Bonchev–Trinajstić information content (AvgIpc) is 2.66. The fraction of sp³-hybridized carbons (Fsp3) is 0.429. The number of carbonyl (C=O) groups is 1. The molecule has 2 aromatic rings. The molecule has 1 fully saturated rings. The number of nitrogens with one attached hydrogen (secondary N) is 2. The Labute approximate surface area is 110 Å². The molecular weight excluding hydrogens is 244 g/mol. The second-order valence-electron chi connectivity index (χ2n) is 5.31. The van der Waals surface area contributed by atoms with Crippen LogP contribution in [0.1, 0.15) is 25.3 Å². The third kappa shape index (κ3) is 2.10. The van der Waals surface area contributed by atoms with Crippen LogP contribution >= 0.6 is 0 Å². The zero-order valence-corrected chi connectivity index (χ0v) is 10.8. The fourth-order valence-corrected chi connectivity index (χ4v) is 2.58. The van der Waals surface area contributed by atoms with Crippen molar-refractivity contribution >= 4 is 16.8 Å². The summed E-state index contributed by atoms with van der Waals surface area (Å²) in [4.78, 5) is 27.9. The first-order chi connectivity index (χ1) is 9.09. The van der Waals surface area contributed by atoms with Crippen molar-refractivity contribution in [1.29, 1.82) is 0 Å². The maximum absolute atomic E-state index is 11.3. The second-order valence-corrected chi connectivity index (χ2v) is 5.31.